The topological polar surface area (TPSA) is 26.3 Å². The molecule has 2 aromatic heterocycles. The lowest BCUT2D eigenvalue weighted by Gasteiger charge is -2.05. The van der Waals surface area contributed by atoms with Gasteiger partial charge in [0, 0.05) is 16.3 Å². The monoisotopic (exact) mass is 234 g/mol. The van der Waals surface area contributed by atoms with E-state index in [1.807, 2.05) is 30.3 Å². The van der Waals surface area contributed by atoms with E-state index in [4.69, 9.17) is 8.83 Å². The summed E-state index contributed by atoms with van der Waals surface area (Å²) in [5.74, 6) is 0.884. The Morgan fingerprint density at radius 2 is 1.72 bits per heavy atom. The van der Waals surface area contributed by atoms with Crippen LogP contribution in [0.1, 0.15) is 0 Å². The summed E-state index contributed by atoms with van der Waals surface area (Å²) >= 11 is 0. The second-order valence-corrected chi connectivity index (χ2v) is 4.28. The van der Waals surface area contributed by atoms with Gasteiger partial charge < -0.3 is 8.83 Å². The average molecular weight is 234 g/mol. The molecule has 0 aliphatic heterocycles. The Kier molecular flexibility index (Phi) is 1.86. The summed E-state index contributed by atoms with van der Waals surface area (Å²) in [5, 5.41) is 3.50. The third-order valence-corrected chi connectivity index (χ3v) is 3.26. The van der Waals surface area contributed by atoms with Gasteiger partial charge in [-0.1, -0.05) is 24.3 Å². The van der Waals surface area contributed by atoms with Gasteiger partial charge in [-0.3, -0.25) is 0 Å². The van der Waals surface area contributed by atoms with Crippen LogP contribution in [0.2, 0.25) is 0 Å². The van der Waals surface area contributed by atoms with Gasteiger partial charge in [0.1, 0.15) is 11.3 Å². The zero-order chi connectivity index (χ0) is 11.9. The Morgan fingerprint density at radius 1 is 0.722 bits per heavy atom. The maximum atomic E-state index is 5.52. The van der Waals surface area contributed by atoms with E-state index in [9.17, 15) is 0 Å². The normalized spacial score (nSPS) is 11.3. The van der Waals surface area contributed by atoms with Gasteiger partial charge in [-0.05, 0) is 29.7 Å². The molecule has 4 aromatic rings. The summed E-state index contributed by atoms with van der Waals surface area (Å²) in [4.78, 5) is 0. The van der Waals surface area contributed by atoms with E-state index in [-0.39, 0.29) is 0 Å². The van der Waals surface area contributed by atoms with Gasteiger partial charge in [0.05, 0.1) is 12.5 Å². The van der Waals surface area contributed by atoms with Crippen LogP contribution in [-0.2, 0) is 0 Å². The highest BCUT2D eigenvalue weighted by Crippen LogP contribution is 2.34. The van der Waals surface area contributed by atoms with Gasteiger partial charge in [-0.25, -0.2) is 0 Å². The van der Waals surface area contributed by atoms with Crippen molar-refractivity contribution in [2.45, 2.75) is 0 Å². The Hall–Kier alpha value is -2.48. The highest BCUT2D eigenvalue weighted by atomic mass is 16.3. The highest BCUT2D eigenvalue weighted by molar-refractivity contribution is 6.12. The third-order valence-electron chi connectivity index (χ3n) is 3.26. The molecule has 0 unspecified atom stereocenters. The van der Waals surface area contributed by atoms with Crippen molar-refractivity contribution in [1.82, 2.24) is 0 Å². The van der Waals surface area contributed by atoms with Crippen LogP contribution >= 0.6 is 0 Å². The molecule has 0 saturated carbocycles. The maximum absolute atomic E-state index is 5.52. The molecule has 0 radical (unpaired) electrons. The van der Waals surface area contributed by atoms with Crippen LogP contribution in [-0.4, -0.2) is 0 Å². The molecule has 2 heteroatoms. The van der Waals surface area contributed by atoms with E-state index >= 15 is 0 Å². The fourth-order valence-corrected chi connectivity index (χ4v) is 2.47. The summed E-state index contributed by atoms with van der Waals surface area (Å²) in [6.45, 7) is 0. The average Bonchev–Trinajstić information content (AvgIpc) is 3.09. The van der Waals surface area contributed by atoms with Gasteiger partial charge in [0.15, 0.2) is 0 Å². The van der Waals surface area contributed by atoms with E-state index in [0.717, 1.165) is 22.3 Å². The fourth-order valence-electron chi connectivity index (χ4n) is 2.47. The van der Waals surface area contributed by atoms with Crippen LogP contribution in [0.3, 0.4) is 0 Å². The lowest BCUT2D eigenvalue weighted by Crippen LogP contribution is -1.80. The second-order valence-electron chi connectivity index (χ2n) is 4.28. The Labute approximate surface area is 103 Å². The fraction of sp³-hybridized carbons (Fsp3) is 0. The van der Waals surface area contributed by atoms with Gasteiger partial charge in [0.2, 0.25) is 0 Å². The maximum Gasteiger partial charge on any atom is 0.134 e. The predicted octanol–water partition coefficient (Wildman–Crippen LogP) is 4.85. The summed E-state index contributed by atoms with van der Waals surface area (Å²) in [5.41, 5.74) is 2.01. The van der Waals surface area contributed by atoms with Crippen LogP contribution in [0.4, 0.5) is 0 Å². The number of hydrogen-bond donors (Lipinski definition) is 0. The predicted molar refractivity (Wildman–Crippen MR) is 71.4 cm³/mol. The molecule has 0 amide bonds. The lowest BCUT2D eigenvalue weighted by atomic mass is 10.00. The number of benzene rings is 2. The standard InChI is InChI=1S/C16H10O2/c1-3-11-6-7-15-13(8-10-18-15)16(11)12(4-1)14-5-2-9-17-14/h1-10H. The summed E-state index contributed by atoms with van der Waals surface area (Å²) in [6.07, 6.45) is 3.42. The molecule has 2 heterocycles. The zero-order valence-corrected chi connectivity index (χ0v) is 9.59. The number of hydrogen-bond acceptors (Lipinski definition) is 2. The van der Waals surface area contributed by atoms with Crippen molar-refractivity contribution in [2.24, 2.45) is 0 Å². The van der Waals surface area contributed by atoms with E-state index in [2.05, 4.69) is 18.2 Å². The molecule has 0 saturated heterocycles. The van der Waals surface area contributed by atoms with Crippen molar-refractivity contribution in [3.05, 3.63) is 61.1 Å². The molecule has 0 aliphatic rings. The Bertz CT molecular complexity index is 823. The minimum absolute atomic E-state index is 0.884. The molecular formula is C16H10O2. The molecule has 18 heavy (non-hydrogen) atoms. The van der Waals surface area contributed by atoms with Gasteiger partial charge in [0.25, 0.3) is 0 Å². The van der Waals surface area contributed by atoms with Gasteiger partial charge >= 0.3 is 0 Å². The van der Waals surface area contributed by atoms with Crippen molar-refractivity contribution < 1.29 is 8.83 Å². The molecular weight excluding hydrogens is 224 g/mol. The quantitative estimate of drug-likeness (QED) is 0.470. The molecule has 0 atom stereocenters. The molecule has 0 bridgehead atoms. The third kappa shape index (κ3) is 1.23. The van der Waals surface area contributed by atoms with E-state index in [1.54, 1.807) is 12.5 Å². The first kappa shape index (κ1) is 9.54. The summed E-state index contributed by atoms with van der Waals surface area (Å²) in [7, 11) is 0. The van der Waals surface area contributed by atoms with E-state index in [0.29, 0.717) is 0 Å². The van der Waals surface area contributed by atoms with Crippen LogP contribution in [0.15, 0.2) is 69.9 Å². The second kappa shape index (κ2) is 3.50. The lowest BCUT2D eigenvalue weighted by molar-refractivity contribution is 0.583. The largest absolute Gasteiger partial charge is 0.464 e. The van der Waals surface area contributed by atoms with Crippen LogP contribution in [0.5, 0.6) is 0 Å². The number of furan rings is 2. The molecule has 86 valence electrons. The number of fused-ring (bicyclic) bond motifs is 3. The van der Waals surface area contributed by atoms with Gasteiger partial charge in [-0.2, -0.15) is 0 Å². The molecule has 0 fully saturated rings. The SMILES string of the molecule is c1coc(-c2cccc3ccc4occc4c23)c1. The smallest absolute Gasteiger partial charge is 0.134 e. The van der Waals surface area contributed by atoms with Crippen molar-refractivity contribution in [2.75, 3.05) is 0 Å². The van der Waals surface area contributed by atoms with Crippen LogP contribution in [0, 0.1) is 0 Å². The highest BCUT2D eigenvalue weighted by Gasteiger charge is 2.10. The molecule has 0 spiro atoms. The first-order valence-electron chi connectivity index (χ1n) is 5.86. The van der Waals surface area contributed by atoms with E-state index < -0.39 is 0 Å². The summed E-state index contributed by atoms with van der Waals surface area (Å²) < 4.78 is 11.0. The first-order valence-corrected chi connectivity index (χ1v) is 5.86. The zero-order valence-electron chi connectivity index (χ0n) is 9.59. The summed E-state index contributed by atoms with van der Waals surface area (Å²) in [6, 6.07) is 16.2. The van der Waals surface area contributed by atoms with Crippen molar-refractivity contribution in [3.8, 4) is 11.3 Å². The molecule has 4 rings (SSSR count). The Morgan fingerprint density at radius 3 is 2.61 bits per heavy atom. The van der Waals surface area contributed by atoms with Crippen LogP contribution in [0.25, 0.3) is 33.1 Å². The van der Waals surface area contributed by atoms with Crippen LogP contribution < -0.4 is 0 Å². The van der Waals surface area contributed by atoms with Crippen molar-refractivity contribution in [1.29, 1.82) is 0 Å². The van der Waals surface area contributed by atoms with Crippen molar-refractivity contribution >= 4 is 21.7 Å². The van der Waals surface area contributed by atoms with E-state index in [1.165, 1.54) is 10.8 Å². The minimum Gasteiger partial charge on any atom is -0.464 e. The molecule has 0 aliphatic carbocycles. The van der Waals surface area contributed by atoms with Gasteiger partial charge in [-0.15, -0.1) is 0 Å². The molecule has 2 nitrogen and oxygen atoms in total. The minimum atomic E-state index is 0.884. The Balaban J connectivity index is 2.23. The molecule has 0 N–H and O–H groups in total. The van der Waals surface area contributed by atoms with Crippen molar-refractivity contribution in [3.63, 3.8) is 0 Å². The number of rotatable bonds is 1. The first-order chi connectivity index (χ1) is 8.93. The molecule has 2 aromatic carbocycles.